The molecule has 0 aliphatic rings. The summed E-state index contributed by atoms with van der Waals surface area (Å²) in [4.78, 5) is 10.7. The van der Waals surface area contributed by atoms with Crippen LogP contribution in [-0.2, 0) is 14.3 Å². The summed E-state index contributed by atoms with van der Waals surface area (Å²) in [7, 11) is 0. The summed E-state index contributed by atoms with van der Waals surface area (Å²) >= 11 is 0. The van der Waals surface area contributed by atoms with Gasteiger partial charge in [0.15, 0.2) is 0 Å². The van der Waals surface area contributed by atoms with Crippen LogP contribution in [0.15, 0.2) is 12.3 Å². The van der Waals surface area contributed by atoms with E-state index in [1.54, 1.807) is 6.92 Å². The first kappa shape index (κ1) is 16.4. The minimum absolute atomic E-state index is 0. The van der Waals surface area contributed by atoms with Crippen LogP contribution in [0.4, 0.5) is 4.39 Å². The summed E-state index contributed by atoms with van der Waals surface area (Å²) in [6.07, 6.45) is 1.26. The van der Waals surface area contributed by atoms with E-state index in [2.05, 4.69) is 4.74 Å². The molecule has 0 aromatic carbocycles. The van der Waals surface area contributed by atoms with Gasteiger partial charge in [-0.1, -0.05) is 0 Å². The molecule has 5 heteroatoms. The van der Waals surface area contributed by atoms with Crippen molar-refractivity contribution in [3.8, 4) is 0 Å². The molecule has 1 unspecified atom stereocenters. The SMILES string of the molecule is CCOC=CCC(F)C(=O)OCC.[Na]. The number of hydrogen-bond donors (Lipinski definition) is 0. The van der Waals surface area contributed by atoms with Gasteiger partial charge >= 0.3 is 5.97 Å². The number of esters is 1. The van der Waals surface area contributed by atoms with Crippen molar-refractivity contribution in [2.45, 2.75) is 26.4 Å². The van der Waals surface area contributed by atoms with Gasteiger partial charge in [0.1, 0.15) is 0 Å². The molecule has 0 saturated heterocycles. The van der Waals surface area contributed by atoms with E-state index in [0.717, 1.165) is 0 Å². The second-order valence-corrected chi connectivity index (χ2v) is 2.28. The minimum atomic E-state index is -1.59. The quantitative estimate of drug-likeness (QED) is 0.380. The molecule has 0 aliphatic heterocycles. The fraction of sp³-hybridized carbons (Fsp3) is 0.667. The topological polar surface area (TPSA) is 35.5 Å². The smallest absolute Gasteiger partial charge is 0.341 e. The van der Waals surface area contributed by atoms with Gasteiger partial charge in [-0.25, -0.2) is 9.18 Å². The Hall–Kier alpha value is -0.0600. The fourth-order valence-corrected chi connectivity index (χ4v) is 0.668. The van der Waals surface area contributed by atoms with E-state index >= 15 is 0 Å². The number of allylic oxidation sites excluding steroid dienone is 1. The van der Waals surface area contributed by atoms with Crippen molar-refractivity contribution in [2.24, 2.45) is 0 Å². The Kier molecular flexibility index (Phi) is 12.9. The van der Waals surface area contributed by atoms with Crippen LogP contribution in [0.2, 0.25) is 0 Å². The number of alkyl halides is 1. The van der Waals surface area contributed by atoms with Crippen LogP contribution < -0.4 is 0 Å². The Morgan fingerprint density at radius 1 is 1.43 bits per heavy atom. The van der Waals surface area contributed by atoms with Gasteiger partial charge in [0.2, 0.25) is 6.17 Å². The van der Waals surface area contributed by atoms with E-state index in [4.69, 9.17) is 4.74 Å². The summed E-state index contributed by atoms with van der Waals surface area (Å²) in [5.74, 6) is -0.816. The van der Waals surface area contributed by atoms with E-state index in [1.165, 1.54) is 12.3 Å². The molecular weight excluding hydrogens is 198 g/mol. The molecular formula is C9H15FNaO3. The molecule has 1 atom stereocenters. The Balaban J connectivity index is 0. The largest absolute Gasteiger partial charge is 0.502 e. The summed E-state index contributed by atoms with van der Waals surface area (Å²) in [6, 6.07) is 0. The standard InChI is InChI=1S/C9H15FO3.Na/c1-3-12-7-5-6-8(10)9(11)13-4-2;/h5,7-8H,3-4,6H2,1-2H3;. The van der Waals surface area contributed by atoms with Crippen molar-refractivity contribution >= 4 is 35.5 Å². The van der Waals surface area contributed by atoms with Crippen LogP contribution in [0, 0.1) is 0 Å². The average molecular weight is 213 g/mol. The molecule has 0 aromatic heterocycles. The molecule has 0 bridgehead atoms. The van der Waals surface area contributed by atoms with Crippen LogP contribution in [0.1, 0.15) is 20.3 Å². The maximum atomic E-state index is 12.8. The first-order valence-electron chi connectivity index (χ1n) is 4.29. The minimum Gasteiger partial charge on any atom is -0.502 e. The van der Waals surface area contributed by atoms with Gasteiger partial charge in [0.25, 0.3) is 0 Å². The molecule has 14 heavy (non-hydrogen) atoms. The third-order valence-corrected chi connectivity index (χ3v) is 1.24. The van der Waals surface area contributed by atoms with Gasteiger partial charge in [0, 0.05) is 36.0 Å². The van der Waals surface area contributed by atoms with Crippen LogP contribution >= 0.6 is 0 Å². The number of ether oxygens (including phenoxy) is 2. The number of carbonyl (C=O) groups excluding carboxylic acids is 1. The third kappa shape index (κ3) is 8.53. The van der Waals surface area contributed by atoms with Gasteiger partial charge in [-0.3, -0.25) is 0 Å². The first-order valence-corrected chi connectivity index (χ1v) is 4.29. The van der Waals surface area contributed by atoms with Crippen LogP contribution in [0.5, 0.6) is 0 Å². The van der Waals surface area contributed by atoms with E-state index < -0.39 is 12.1 Å². The Morgan fingerprint density at radius 2 is 2.07 bits per heavy atom. The normalized spacial score (nSPS) is 11.9. The molecule has 0 rings (SSSR count). The molecule has 0 aliphatic carbocycles. The molecule has 0 heterocycles. The maximum absolute atomic E-state index is 12.8. The van der Waals surface area contributed by atoms with Gasteiger partial charge < -0.3 is 9.47 Å². The van der Waals surface area contributed by atoms with E-state index in [1.807, 2.05) is 6.92 Å². The van der Waals surface area contributed by atoms with Crippen molar-refractivity contribution in [1.29, 1.82) is 0 Å². The molecule has 1 radical (unpaired) electrons. The van der Waals surface area contributed by atoms with E-state index in [9.17, 15) is 9.18 Å². The summed E-state index contributed by atoms with van der Waals surface area (Å²) in [5, 5.41) is 0. The zero-order chi connectivity index (χ0) is 10.1. The van der Waals surface area contributed by atoms with Gasteiger partial charge in [-0.2, -0.15) is 0 Å². The molecule has 0 N–H and O–H groups in total. The fourth-order valence-electron chi connectivity index (χ4n) is 0.668. The third-order valence-electron chi connectivity index (χ3n) is 1.24. The second-order valence-electron chi connectivity index (χ2n) is 2.28. The molecule has 77 valence electrons. The molecule has 0 fully saturated rings. The molecule has 0 spiro atoms. The van der Waals surface area contributed by atoms with Crippen molar-refractivity contribution < 1.29 is 18.7 Å². The maximum Gasteiger partial charge on any atom is 0.341 e. The molecule has 0 aromatic rings. The van der Waals surface area contributed by atoms with Gasteiger partial charge in [-0.05, 0) is 19.9 Å². The summed E-state index contributed by atoms with van der Waals surface area (Å²) in [5.41, 5.74) is 0. The van der Waals surface area contributed by atoms with Crippen molar-refractivity contribution in [3.05, 3.63) is 12.3 Å². The zero-order valence-corrected chi connectivity index (χ0v) is 11.0. The van der Waals surface area contributed by atoms with Crippen molar-refractivity contribution in [1.82, 2.24) is 0 Å². The van der Waals surface area contributed by atoms with Crippen LogP contribution in [-0.4, -0.2) is 54.9 Å². The predicted octanol–water partition coefficient (Wildman–Crippen LogP) is 1.45. The molecule has 0 amide bonds. The molecule has 3 nitrogen and oxygen atoms in total. The van der Waals surface area contributed by atoms with Crippen LogP contribution in [0.25, 0.3) is 0 Å². The second kappa shape index (κ2) is 11.0. The van der Waals surface area contributed by atoms with E-state index in [-0.39, 0.29) is 42.6 Å². The Bertz CT molecular complexity index is 173. The summed E-state index contributed by atoms with van der Waals surface area (Å²) < 4.78 is 22.1. The molecule has 0 saturated carbocycles. The summed E-state index contributed by atoms with van der Waals surface area (Å²) in [6.45, 7) is 4.20. The number of halogens is 1. The number of rotatable bonds is 6. The van der Waals surface area contributed by atoms with Gasteiger partial charge in [-0.15, -0.1) is 0 Å². The average Bonchev–Trinajstić information content (AvgIpc) is 2.12. The number of carbonyl (C=O) groups is 1. The predicted molar refractivity (Wildman–Crippen MR) is 52.7 cm³/mol. The van der Waals surface area contributed by atoms with E-state index in [0.29, 0.717) is 6.61 Å². The van der Waals surface area contributed by atoms with Gasteiger partial charge in [0.05, 0.1) is 19.5 Å². The number of hydrogen-bond acceptors (Lipinski definition) is 3. The first-order chi connectivity index (χ1) is 6.22. The van der Waals surface area contributed by atoms with Crippen molar-refractivity contribution in [3.63, 3.8) is 0 Å². The Morgan fingerprint density at radius 3 is 2.57 bits per heavy atom. The monoisotopic (exact) mass is 213 g/mol. The van der Waals surface area contributed by atoms with Crippen molar-refractivity contribution in [2.75, 3.05) is 13.2 Å². The Labute approximate surface area is 106 Å². The zero-order valence-electron chi connectivity index (χ0n) is 8.96. The van der Waals surface area contributed by atoms with Crippen LogP contribution in [0.3, 0.4) is 0 Å².